The maximum absolute atomic E-state index is 12.9. The van der Waals surface area contributed by atoms with Crippen LogP contribution in [-0.2, 0) is 11.2 Å². The van der Waals surface area contributed by atoms with Crippen molar-refractivity contribution in [3.05, 3.63) is 76.0 Å². The molecular weight excluding hydrogens is 377 g/mol. The first-order chi connectivity index (χ1) is 13.4. The van der Waals surface area contributed by atoms with Gasteiger partial charge in [-0.15, -0.1) is 11.3 Å². The number of hydrogen-bond donors (Lipinski definition) is 2. The van der Waals surface area contributed by atoms with Crippen molar-refractivity contribution in [3.63, 3.8) is 0 Å². The molecule has 28 heavy (non-hydrogen) atoms. The predicted octanol–water partition coefficient (Wildman–Crippen LogP) is 4.72. The van der Waals surface area contributed by atoms with Crippen molar-refractivity contribution in [1.82, 2.24) is 4.98 Å². The largest absolute Gasteiger partial charge is 0.326 e. The van der Waals surface area contributed by atoms with Crippen molar-refractivity contribution >= 4 is 34.0 Å². The lowest BCUT2D eigenvalue weighted by Gasteiger charge is -2.07. The zero-order valence-corrected chi connectivity index (χ0v) is 16.4. The molecule has 0 fully saturated rings. The van der Waals surface area contributed by atoms with Gasteiger partial charge >= 0.3 is 0 Å². The molecule has 2 N–H and O–H groups in total. The second-order valence-electron chi connectivity index (χ2n) is 6.45. The minimum Gasteiger partial charge on any atom is -0.326 e. The summed E-state index contributed by atoms with van der Waals surface area (Å²) in [5, 5.41) is 7.82. The van der Waals surface area contributed by atoms with Crippen LogP contribution in [0.2, 0.25) is 0 Å². The standard InChI is InChI=1S/C21H20FN3O2S/c1-13-3-8-17(11-14(13)2)23-19(26)10-9-18-12-28-21(24-18)25-20(27)15-4-6-16(22)7-5-15/h3-8,11-12H,9-10H2,1-2H3,(H,23,26)(H,24,25,27). The van der Waals surface area contributed by atoms with Gasteiger partial charge in [0.2, 0.25) is 5.91 Å². The number of carbonyl (C=O) groups is 2. The van der Waals surface area contributed by atoms with Gasteiger partial charge in [-0.3, -0.25) is 14.9 Å². The Morgan fingerprint density at radius 1 is 1.04 bits per heavy atom. The molecule has 3 aromatic rings. The number of halogens is 1. The van der Waals surface area contributed by atoms with Crippen LogP contribution < -0.4 is 10.6 Å². The molecule has 144 valence electrons. The molecule has 0 atom stereocenters. The lowest BCUT2D eigenvalue weighted by Crippen LogP contribution is -2.13. The van der Waals surface area contributed by atoms with Crippen LogP contribution in [-0.4, -0.2) is 16.8 Å². The van der Waals surface area contributed by atoms with Crippen LogP contribution >= 0.6 is 11.3 Å². The third kappa shape index (κ3) is 5.23. The summed E-state index contributed by atoms with van der Waals surface area (Å²) in [5.41, 5.74) is 4.16. The number of anilines is 2. The Morgan fingerprint density at radius 3 is 2.50 bits per heavy atom. The Bertz CT molecular complexity index is 999. The molecule has 1 heterocycles. The first-order valence-electron chi connectivity index (χ1n) is 8.79. The van der Waals surface area contributed by atoms with Crippen LogP contribution in [0.15, 0.2) is 47.8 Å². The molecule has 0 saturated carbocycles. The van der Waals surface area contributed by atoms with E-state index in [-0.39, 0.29) is 11.8 Å². The molecule has 1 aromatic heterocycles. The Hall–Kier alpha value is -3.06. The normalized spacial score (nSPS) is 10.5. The minimum absolute atomic E-state index is 0.0897. The lowest BCUT2D eigenvalue weighted by molar-refractivity contribution is -0.116. The minimum atomic E-state index is -0.396. The van der Waals surface area contributed by atoms with Crippen LogP contribution in [0.25, 0.3) is 0 Å². The molecule has 3 rings (SSSR count). The number of amides is 2. The van der Waals surface area contributed by atoms with Crippen molar-refractivity contribution < 1.29 is 14.0 Å². The fourth-order valence-electron chi connectivity index (χ4n) is 2.53. The van der Waals surface area contributed by atoms with Gasteiger partial charge in [-0.1, -0.05) is 6.07 Å². The summed E-state index contributed by atoms with van der Waals surface area (Å²) in [4.78, 5) is 28.6. The molecule has 2 amide bonds. The molecule has 7 heteroatoms. The summed E-state index contributed by atoms with van der Waals surface area (Å²) in [5.74, 6) is -0.839. The maximum Gasteiger partial charge on any atom is 0.257 e. The van der Waals surface area contributed by atoms with Gasteiger partial charge in [-0.25, -0.2) is 9.37 Å². The SMILES string of the molecule is Cc1ccc(NC(=O)CCc2csc(NC(=O)c3ccc(F)cc3)n2)cc1C. The number of aryl methyl sites for hydroxylation is 3. The summed E-state index contributed by atoms with van der Waals surface area (Å²) in [6.45, 7) is 4.03. The molecular formula is C21H20FN3O2S. The second kappa shape index (κ2) is 8.75. The Balaban J connectivity index is 1.51. The first-order valence-corrected chi connectivity index (χ1v) is 9.67. The van der Waals surface area contributed by atoms with E-state index in [9.17, 15) is 14.0 Å². The maximum atomic E-state index is 12.9. The van der Waals surface area contributed by atoms with E-state index < -0.39 is 5.82 Å². The van der Waals surface area contributed by atoms with E-state index in [1.54, 1.807) is 0 Å². The van der Waals surface area contributed by atoms with E-state index in [4.69, 9.17) is 0 Å². The van der Waals surface area contributed by atoms with Crippen LogP contribution in [0, 0.1) is 19.7 Å². The summed E-state index contributed by atoms with van der Waals surface area (Å²) in [6, 6.07) is 11.1. The van der Waals surface area contributed by atoms with Gasteiger partial charge in [-0.05, 0) is 67.8 Å². The third-order valence-electron chi connectivity index (χ3n) is 4.28. The highest BCUT2D eigenvalue weighted by Crippen LogP contribution is 2.19. The van der Waals surface area contributed by atoms with Crippen molar-refractivity contribution in [2.45, 2.75) is 26.7 Å². The highest BCUT2D eigenvalue weighted by molar-refractivity contribution is 7.14. The third-order valence-corrected chi connectivity index (χ3v) is 5.08. The predicted molar refractivity (Wildman–Crippen MR) is 109 cm³/mol. The van der Waals surface area contributed by atoms with E-state index in [1.165, 1.54) is 41.2 Å². The number of benzene rings is 2. The van der Waals surface area contributed by atoms with Crippen molar-refractivity contribution in [1.29, 1.82) is 0 Å². The molecule has 0 aliphatic heterocycles. The smallest absolute Gasteiger partial charge is 0.257 e. The summed E-state index contributed by atoms with van der Waals surface area (Å²) < 4.78 is 12.9. The lowest BCUT2D eigenvalue weighted by atomic mass is 10.1. The molecule has 0 aliphatic rings. The molecule has 0 unspecified atom stereocenters. The highest BCUT2D eigenvalue weighted by atomic mass is 32.1. The fraction of sp³-hybridized carbons (Fsp3) is 0.190. The molecule has 5 nitrogen and oxygen atoms in total. The Kier molecular flexibility index (Phi) is 6.16. The van der Waals surface area contributed by atoms with Gasteiger partial charge in [0.25, 0.3) is 5.91 Å². The molecule has 0 spiro atoms. The molecule has 0 saturated heterocycles. The number of aromatic nitrogens is 1. The van der Waals surface area contributed by atoms with Gasteiger partial charge in [0.15, 0.2) is 5.13 Å². The molecule has 0 aliphatic carbocycles. The van der Waals surface area contributed by atoms with Gasteiger partial charge < -0.3 is 5.32 Å². The van der Waals surface area contributed by atoms with E-state index in [1.807, 2.05) is 37.4 Å². The Labute approximate surface area is 166 Å². The van der Waals surface area contributed by atoms with Crippen LogP contribution in [0.3, 0.4) is 0 Å². The Morgan fingerprint density at radius 2 is 1.79 bits per heavy atom. The van der Waals surface area contributed by atoms with E-state index in [0.717, 1.165) is 16.9 Å². The zero-order chi connectivity index (χ0) is 20.1. The number of rotatable bonds is 6. The summed E-state index contributed by atoms with van der Waals surface area (Å²) in [7, 11) is 0. The highest BCUT2D eigenvalue weighted by Gasteiger charge is 2.11. The number of carbonyl (C=O) groups excluding carboxylic acids is 2. The van der Waals surface area contributed by atoms with E-state index in [0.29, 0.717) is 23.5 Å². The van der Waals surface area contributed by atoms with Gasteiger partial charge in [-0.2, -0.15) is 0 Å². The molecule has 2 aromatic carbocycles. The van der Waals surface area contributed by atoms with Gasteiger partial charge in [0.05, 0.1) is 5.69 Å². The number of nitrogens with zero attached hydrogens (tertiary/aromatic N) is 1. The van der Waals surface area contributed by atoms with Crippen LogP contribution in [0.5, 0.6) is 0 Å². The monoisotopic (exact) mass is 397 g/mol. The van der Waals surface area contributed by atoms with E-state index >= 15 is 0 Å². The molecule has 0 bridgehead atoms. The van der Waals surface area contributed by atoms with Gasteiger partial charge in [0.1, 0.15) is 5.82 Å². The summed E-state index contributed by atoms with van der Waals surface area (Å²) >= 11 is 1.29. The number of thiazole rings is 1. The average Bonchev–Trinajstić information content (AvgIpc) is 3.11. The van der Waals surface area contributed by atoms with Crippen molar-refractivity contribution in [3.8, 4) is 0 Å². The first kappa shape index (κ1) is 19.7. The van der Waals surface area contributed by atoms with Gasteiger partial charge in [0, 0.05) is 23.1 Å². The van der Waals surface area contributed by atoms with E-state index in [2.05, 4.69) is 15.6 Å². The van der Waals surface area contributed by atoms with Crippen molar-refractivity contribution in [2.75, 3.05) is 10.6 Å². The average molecular weight is 397 g/mol. The summed E-state index contributed by atoms with van der Waals surface area (Å²) in [6.07, 6.45) is 0.765. The molecule has 0 radical (unpaired) electrons. The second-order valence-corrected chi connectivity index (χ2v) is 7.31. The number of hydrogen-bond acceptors (Lipinski definition) is 4. The van der Waals surface area contributed by atoms with Crippen molar-refractivity contribution in [2.24, 2.45) is 0 Å². The number of nitrogens with one attached hydrogen (secondary N) is 2. The quantitative estimate of drug-likeness (QED) is 0.632. The van der Waals surface area contributed by atoms with Crippen LogP contribution in [0.4, 0.5) is 15.2 Å². The fourth-order valence-corrected chi connectivity index (χ4v) is 3.27. The topological polar surface area (TPSA) is 71.1 Å². The zero-order valence-electron chi connectivity index (χ0n) is 15.6. The van der Waals surface area contributed by atoms with Crippen LogP contribution in [0.1, 0.15) is 33.6 Å².